The van der Waals surface area contributed by atoms with E-state index in [1.165, 1.54) is 12.1 Å². The van der Waals surface area contributed by atoms with E-state index in [4.69, 9.17) is 4.74 Å². The van der Waals surface area contributed by atoms with Crippen molar-refractivity contribution < 1.29 is 13.9 Å². The van der Waals surface area contributed by atoms with Crippen molar-refractivity contribution in [3.63, 3.8) is 0 Å². The summed E-state index contributed by atoms with van der Waals surface area (Å²) in [5.74, 6) is 0.256. The van der Waals surface area contributed by atoms with E-state index in [0.717, 1.165) is 18.5 Å². The minimum atomic E-state index is -0.286. The first-order chi connectivity index (χ1) is 11.5. The molecule has 5 heteroatoms. The molecule has 0 saturated heterocycles. The number of nitrogens with zero attached hydrogens (tertiary/aromatic N) is 1. The Hall–Kier alpha value is -2.40. The maximum absolute atomic E-state index is 13.2. The third-order valence-electron chi connectivity index (χ3n) is 3.79. The van der Waals surface area contributed by atoms with Crippen molar-refractivity contribution in [2.75, 3.05) is 27.7 Å². The zero-order chi connectivity index (χ0) is 17.5. The van der Waals surface area contributed by atoms with E-state index in [-0.39, 0.29) is 17.8 Å². The predicted octanol–water partition coefficient (Wildman–Crippen LogP) is 3.26. The molecule has 2 aromatic rings. The van der Waals surface area contributed by atoms with Crippen molar-refractivity contribution in [3.05, 3.63) is 65.5 Å². The number of hydrogen-bond acceptors (Lipinski definition) is 3. The Labute approximate surface area is 142 Å². The Kier molecular flexibility index (Phi) is 6.32. The average Bonchev–Trinajstić information content (AvgIpc) is 2.59. The van der Waals surface area contributed by atoms with E-state index in [9.17, 15) is 9.18 Å². The minimum Gasteiger partial charge on any atom is -0.497 e. The van der Waals surface area contributed by atoms with Crippen LogP contribution < -0.4 is 10.1 Å². The summed E-state index contributed by atoms with van der Waals surface area (Å²) >= 11 is 0. The summed E-state index contributed by atoms with van der Waals surface area (Å²) in [5, 5.41) is 3.03. The lowest BCUT2D eigenvalue weighted by Gasteiger charge is -2.21. The van der Waals surface area contributed by atoms with E-state index in [1.807, 2.05) is 14.1 Å². The normalized spacial score (nSPS) is 12.0. The Morgan fingerprint density at radius 2 is 1.75 bits per heavy atom. The van der Waals surface area contributed by atoms with Crippen molar-refractivity contribution in [1.29, 1.82) is 0 Å². The van der Waals surface area contributed by atoms with Gasteiger partial charge in [0.15, 0.2) is 0 Å². The highest BCUT2D eigenvalue weighted by atomic mass is 19.1. The van der Waals surface area contributed by atoms with E-state index in [1.54, 1.807) is 43.5 Å². The van der Waals surface area contributed by atoms with Gasteiger partial charge in [-0.05, 0) is 69.0 Å². The third kappa shape index (κ3) is 5.06. The lowest BCUT2D eigenvalue weighted by molar-refractivity contribution is 0.0932. The predicted molar refractivity (Wildman–Crippen MR) is 92.8 cm³/mol. The van der Waals surface area contributed by atoms with Gasteiger partial charge in [0, 0.05) is 5.56 Å². The molecular formula is C19H23FN2O2. The van der Waals surface area contributed by atoms with Gasteiger partial charge in [-0.3, -0.25) is 4.79 Å². The van der Waals surface area contributed by atoms with Crippen LogP contribution in [0.1, 0.15) is 28.4 Å². The molecule has 2 rings (SSSR count). The average molecular weight is 330 g/mol. The van der Waals surface area contributed by atoms with Crippen molar-refractivity contribution in [2.45, 2.75) is 12.5 Å². The Balaban J connectivity index is 2.13. The second-order valence-electron chi connectivity index (χ2n) is 5.90. The van der Waals surface area contributed by atoms with Crippen molar-refractivity contribution in [3.8, 4) is 5.75 Å². The largest absolute Gasteiger partial charge is 0.497 e. The van der Waals surface area contributed by atoms with E-state index in [0.29, 0.717) is 11.3 Å². The molecule has 1 unspecified atom stereocenters. The molecule has 1 atom stereocenters. The highest BCUT2D eigenvalue weighted by molar-refractivity contribution is 5.94. The molecule has 0 saturated carbocycles. The molecule has 1 N–H and O–H groups in total. The molecule has 24 heavy (non-hydrogen) atoms. The number of hydrogen-bond donors (Lipinski definition) is 1. The number of amides is 1. The number of nitrogens with one attached hydrogen (secondary N) is 1. The maximum Gasteiger partial charge on any atom is 0.251 e. The molecular weight excluding hydrogens is 307 g/mol. The van der Waals surface area contributed by atoms with E-state index >= 15 is 0 Å². The van der Waals surface area contributed by atoms with Crippen molar-refractivity contribution in [1.82, 2.24) is 10.2 Å². The molecule has 0 radical (unpaired) electrons. The highest BCUT2D eigenvalue weighted by Crippen LogP contribution is 2.19. The van der Waals surface area contributed by atoms with Crippen LogP contribution in [-0.4, -0.2) is 38.6 Å². The van der Waals surface area contributed by atoms with Crippen molar-refractivity contribution in [2.24, 2.45) is 0 Å². The Morgan fingerprint density at radius 3 is 2.29 bits per heavy atom. The minimum absolute atomic E-state index is 0.161. The molecule has 4 nitrogen and oxygen atoms in total. The second-order valence-corrected chi connectivity index (χ2v) is 5.90. The SMILES string of the molecule is COc1ccc(C(=O)NC(CCN(C)C)c2ccc(F)cc2)cc1. The lowest BCUT2D eigenvalue weighted by atomic mass is 10.0. The van der Waals surface area contributed by atoms with Crippen LogP contribution >= 0.6 is 0 Å². The van der Waals surface area contributed by atoms with Gasteiger partial charge in [-0.1, -0.05) is 12.1 Å². The molecule has 128 valence electrons. The van der Waals surface area contributed by atoms with Gasteiger partial charge in [-0.2, -0.15) is 0 Å². The summed E-state index contributed by atoms with van der Waals surface area (Å²) in [4.78, 5) is 14.6. The molecule has 0 aliphatic carbocycles. The Morgan fingerprint density at radius 1 is 1.12 bits per heavy atom. The fourth-order valence-electron chi connectivity index (χ4n) is 2.39. The standard InChI is InChI=1S/C19H23FN2O2/c1-22(2)13-12-18(14-4-8-16(20)9-5-14)21-19(23)15-6-10-17(24-3)11-7-15/h4-11,18H,12-13H2,1-3H3,(H,21,23). The van der Waals surface area contributed by atoms with E-state index in [2.05, 4.69) is 10.2 Å². The van der Waals surface area contributed by atoms with Crippen LogP contribution in [0.4, 0.5) is 4.39 Å². The van der Waals surface area contributed by atoms with Crippen LogP contribution in [0, 0.1) is 5.82 Å². The summed E-state index contributed by atoms with van der Waals surface area (Å²) in [5.41, 5.74) is 1.45. The zero-order valence-corrected chi connectivity index (χ0v) is 14.3. The second kappa shape index (κ2) is 8.45. The molecule has 0 spiro atoms. The van der Waals surface area contributed by atoms with Crippen LogP contribution in [0.5, 0.6) is 5.75 Å². The first-order valence-electron chi connectivity index (χ1n) is 7.84. The number of benzene rings is 2. The molecule has 1 amide bonds. The van der Waals surface area contributed by atoms with Gasteiger partial charge in [0.05, 0.1) is 13.2 Å². The van der Waals surface area contributed by atoms with Gasteiger partial charge in [0.25, 0.3) is 5.91 Å². The topological polar surface area (TPSA) is 41.6 Å². The first-order valence-corrected chi connectivity index (χ1v) is 7.84. The van der Waals surface area contributed by atoms with Gasteiger partial charge in [0.2, 0.25) is 0 Å². The lowest BCUT2D eigenvalue weighted by Crippen LogP contribution is -2.31. The number of ether oxygens (including phenoxy) is 1. The van der Waals surface area contributed by atoms with Gasteiger partial charge in [-0.15, -0.1) is 0 Å². The fourth-order valence-corrected chi connectivity index (χ4v) is 2.39. The number of rotatable bonds is 7. The van der Waals surface area contributed by atoms with Gasteiger partial charge in [0.1, 0.15) is 11.6 Å². The third-order valence-corrected chi connectivity index (χ3v) is 3.79. The summed E-state index contributed by atoms with van der Waals surface area (Å²) in [7, 11) is 5.54. The summed E-state index contributed by atoms with van der Waals surface area (Å²) in [6.07, 6.45) is 0.737. The maximum atomic E-state index is 13.2. The number of methoxy groups -OCH3 is 1. The van der Waals surface area contributed by atoms with E-state index < -0.39 is 0 Å². The smallest absolute Gasteiger partial charge is 0.251 e. The van der Waals surface area contributed by atoms with Gasteiger partial charge >= 0.3 is 0 Å². The van der Waals surface area contributed by atoms with Crippen molar-refractivity contribution >= 4 is 5.91 Å². The summed E-state index contributed by atoms with van der Waals surface area (Å²) in [6.45, 7) is 0.810. The number of carbonyl (C=O) groups is 1. The number of carbonyl (C=O) groups excluding carboxylic acids is 1. The molecule has 0 aliphatic rings. The number of halogens is 1. The molecule has 0 aliphatic heterocycles. The monoisotopic (exact) mass is 330 g/mol. The Bertz CT molecular complexity index is 654. The van der Waals surface area contributed by atoms with Crippen LogP contribution in [0.15, 0.2) is 48.5 Å². The summed E-state index contributed by atoms with van der Waals surface area (Å²) in [6, 6.07) is 13.0. The van der Waals surface area contributed by atoms with Crippen LogP contribution in [-0.2, 0) is 0 Å². The summed E-state index contributed by atoms with van der Waals surface area (Å²) < 4.78 is 18.3. The van der Waals surface area contributed by atoms with Gasteiger partial charge in [-0.25, -0.2) is 4.39 Å². The first kappa shape index (κ1) is 17.9. The molecule has 0 heterocycles. The fraction of sp³-hybridized carbons (Fsp3) is 0.316. The van der Waals surface area contributed by atoms with Crippen LogP contribution in [0.25, 0.3) is 0 Å². The zero-order valence-electron chi connectivity index (χ0n) is 14.3. The molecule has 0 aromatic heterocycles. The van der Waals surface area contributed by atoms with Crippen LogP contribution in [0.2, 0.25) is 0 Å². The molecule has 2 aromatic carbocycles. The highest BCUT2D eigenvalue weighted by Gasteiger charge is 2.16. The quantitative estimate of drug-likeness (QED) is 0.847. The molecule has 0 bridgehead atoms. The van der Waals surface area contributed by atoms with Crippen LogP contribution in [0.3, 0.4) is 0 Å². The van der Waals surface area contributed by atoms with Gasteiger partial charge < -0.3 is 15.0 Å². The molecule has 0 fully saturated rings.